The van der Waals surface area contributed by atoms with Crippen LogP contribution in [0.2, 0.25) is 0 Å². The Labute approximate surface area is 623 Å². The molecule has 4 unspecified atom stereocenters. The zero-order chi connectivity index (χ0) is 72.9. The van der Waals surface area contributed by atoms with Crippen LogP contribution in [0.25, 0.3) is 0 Å². The van der Waals surface area contributed by atoms with Gasteiger partial charge in [-0.1, -0.05) is 108 Å². The Morgan fingerprint density at radius 1 is 0.333 bits per heavy atom. The van der Waals surface area contributed by atoms with E-state index in [1.165, 1.54) is 110 Å². The lowest BCUT2D eigenvalue weighted by Gasteiger charge is -2.58. The second kappa shape index (κ2) is 30.9. The molecule has 0 heterocycles. The molecular weight excluding hydrogens is 1370 g/mol. The first-order valence-corrected chi connectivity index (χ1v) is 41.5. The van der Waals surface area contributed by atoms with Crippen molar-refractivity contribution in [1.29, 1.82) is 0 Å². The third kappa shape index (κ3) is 16.3. The molecule has 0 spiro atoms. The van der Waals surface area contributed by atoms with E-state index in [0.717, 1.165) is 62.2 Å². The number of ether oxygens (including phenoxy) is 6. The summed E-state index contributed by atoms with van der Waals surface area (Å²) in [5, 5.41) is 0. The number of rotatable bonds is 18. The van der Waals surface area contributed by atoms with Crippen molar-refractivity contribution in [2.24, 2.45) is 93.7 Å². The zero-order valence-corrected chi connectivity index (χ0v) is 63.1. The largest absolute Gasteiger partial charge is 0.457 e. The van der Waals surface area contributed by atoms with E-state index in [2.05, 4.69) is 185 Å². The number of benzene rings is 6. The number of aryl methyl sites for hydroxylation is 3. The van der Waals surface area contributed by atoms with Crippen molar-refractivity contribution in [3.8, 4) is 0 Å². The summed E-state index contributed by atoms with van der Waals surface area (Å²) in [5.41, 5.74) is 2.78. The summed E-state index contributed by atoms with van der Waals surface area (Å²) in [4.78, 5) is 58.2. The number of alkyl halides is 4. The van der Waals surface area contributed by atoms with Crippen LogP contribution in [0.3, 0.4) is 0 Å². The molecule has 6 aromatic rings. The van der Waals surface area contributed by atoms with Gasteiger partial charge in [-0.2, -0.15) is 17.6 Å². The van der Waals surface area contributed by atoms with Crippen LogP contribution in [0.4, 0.5) is 17.6 Å². The van der Waals surface area contributed by atoms with Gasteiger partial charge in [0, 0.05) is 13.8 Å². The van der Waals surface area contributed by atoms with Crippen molar-refractivity contribution in [3.05, 3.63) is 180 Å². The number of carbonyl (C=O) groups excluding carboxylic acids is 4. The number of halogens is 4. The third-order valence-electron chi connectivity index (χ3n) is 26.3. The minimum atomic E-state index is -3.49. The summed E-state index contributed by atoms with van der Waals surface area (Å²) in [6.07, 6.45) is 19.5. The van der Waals surface area contributed by atoms with E-state index in [-0.39, 0.29) is 83.2 Å². The Kier molecular flexibility index (Phi) is 21.8. The van der Waals surface area contributed by atoms with Gasteiger partial charge in [0.15, 0.2) is 43.0 Å². The van der Waals surface area contributed by atoms with E-state index in [4.69, 9.17) is 28.4 Å². The van der Waals surface area contributed by atoms with E-state index in [1.807, 2.05) is 0 Å². The lowest BCUT2D eigenvalue weighted by Crippen LogP contribution is -2.58. The first-order valence-electron chi connectivity index (χ1n) is 39.1. The number of hydrogen-bond donors (Lipinski definition) is 0. The molecular formula is C89H104F4O10S2+2. The minimum Gasteiger partial charge on any atom is -0.457 e. The van der Waals surface area contributed by atoms with Crippen LogP contribution in [0.15, 0.2) is 193 Å². The van der Waals surface area contributed by atoms with Crippen molar-refractivity contribution < 1.29 is 65.2 Å². The highest BCUT2D eigenvalue weighted by atomic mass is 32.2. The van der Waals surface area contributed by atoms with E-state index in [1.54, 1.807) is 0 Å². The van der Waals surface area contributed by atoms with Gasteiger partial charge in [0.1, 0.15) is 12.2 Å². The smallest absolute Gasteiger partial charge is 0.376 e. The summed E-state index contributed by atoms with van der Waals surface area (Å²) in [6, 6.07) is 59.0. The average Bonchev–Trinajstić information content (AvgIpc) is 0.733. The molecule has 0 N–H and O–H groups in total. The topological polar surface area (TPSA) is 124 Å². The van der Waals surface area contributed by atoms with Crippen molar-refractivity contribution in [2.45, 2.75) is 229 Å². The lowest BCUT2D eigenvalue weighted by atomic mass is 9.48. The SMILES string of the molecule is CC(F)(F)C(=O)OC1C2CC3CC1CC(C(=O)OCOC1C4CC5CC(C4)CC1C5)(C3)C2.CC(F)(F)C(=O)OC1C2CC3CC1CC(C(=O)OCOC1C4CC5CC(C4)CC1C5)(C3)C2.Cc1ccc([S+](c2ccc(C)cc2)c2ccc(C)cc2)cc1.c1ccc([S+](c2ccccc2)c2ccccc2)cc1. The van der Waals surface area contributed by atoms with Gasteiger partial charge in [0.25, 0.3) is 0 Å². The molecule has 0 aliphatic heterocycles. The number of carbonyl (C=O) groups is 4. The Bertz CT molecular complexity index is 3560. The number of esters is 4. The van der Waals surface area contributed by atoms with Crippen molar-refractivity contribution >= 4 is 45.7 Å². The van der Waals surface area contributed by atoms with Gasteiger partial charge in [-0.25, -0.2) is 9.59 Å². The van der Waals surface area contributed by atoms with Gasteiger partial charge in [-0.15, -0.1) is 0 Å². The lowest BCUT2D eigenvalue weighted by molar-refractivity contribution is -0.218. The molecule has 558 valence electrons. The van der Waals surface area contributed by atoms with Crippen LogP contribution in [0.1, 0.15) is 159 Å². The fourth-order valence-electron chi connectivity index (χ4n) is 22.7. The fourth-order valence-corrected chi connectivity index (χ4v) is 26.9. The molecule has 22 rings (SSSR count). The maximum absolute atomic E-state index is 13.4. The van der Waals surface area contributed by atoms with Crippen LogP contribution >= 0.6 is 0 Å². The molecule has 16 aliphatic carbocycles. The van der Waals surface area contributed by atoms with Gasteiger partial charge in [-0.3, -0.25) is 9.59 Å². The minimum absolute atomic E-state index is 0.0146. The highest BCUT2D eigenvalue weighted by Gasteiger charge is 2.63. The Morgan fingerprint density at radius 2 is 0.581 bits per heavy atom. The Balaban J connectivity index is 0.000000115. The maximum Gasteiger partial charge on any atom is 0.376 e. The summed E-state index contributed by atoms with van der Waals surface area (Å²) in [6.45, 7) is 7.61. The predicted molar refractivity (Wildman–Crippen MR) is 396 cm³/mol. The molecule has 4 atom stereocenters. The summed E-state index contributed by atoms with van der Waals surface area (Å²) in [5.74, 6) is -3.67. The Hall–Kier alpha value is -6.46. The molecule has 6 aromatic carbocycles. The quantitative estimate of drug-likeness (QED) is 0.0270. The summed E-state index contributed by atoms with van der Waals surface area (Å²) in [7, 11) is -0.0541. The molecule has 16 aliphatic rings. The molecule has 0 aromatic heterocycles. The van der Waals surface area contributed by atoms with E-state index in [9.17, 15) is 36.7 Å². The van der Waals surface area contributed by atoms with Crippen molar-refractivity contribution in [1.82, 2.24) is 0 Å². The molecule has 16 saturated carbocycles. The van der Waals surface area contributed by atoms with Gasteiger partial charge in [-0.05, 0) is 305 Å². The normalized spacial score (nSPS) is 33.6. The molecule has 0 amide bonds. The van der Waals surface area contributed by atoms with Gasteiger partial charge in [0.05, 0.1) is 44.8 Å². The van der Waals surface area contributed by atoms with Crippen LogP contribution in [-0.4, -0.2) is 73.7 Å². The molecule has 0 saturated heterocycles. The van der Waals surface area contributed by atoms with E-state index >= 15 is 0 Å². The highest BCUT2D eigenvalue weighted by molar-refractivity contribution is 7.97. The second-order valence-electron chi connectivity index (χ2n) is 34.2. The number of hydrogen-bond acceptors (Lipinski definition) is 10. The van der Waals surface area contributed by atoms with Crippen LogP contribution in [-0.2, 0) is 69.4 Å². The summed E-state index contributed by atoms with van der Waals surface area (Å²) >= 11 is 0. The molecule has 0 radical (unpaired) electrons. The molecule has 16 bridgehead atoms. The first-order chi connectivity index (χ1) is 50.5. The fraction of sp³-hybridized carbons (Fsp3) is 0.551. The van der Waals surface area contributed by atoms with Gasteiger partial charge in [0.2, 0.25) is 0 Å². The second-order valence-corrected chi connectivity index (χ2v) is 38.3. The average molecular weight is 1470 g/mol. The van der Waals surface area contributed by atoms with E-state index in [0.29, 0.717) is 75.0 Å². The van der Waals surface area contributed by atoms with Crippen LogP contribution in [0.5, 0.6) is 0 Å². The van der Waals surface area contributed by atoms with Crippen LogP contribution in [0, 0.1) is 114 Å². The third-order valence-corrected chi connectivity index (χ3v) is 30.8. The van der Waals surface area contributed by atoms with Crippen LogP contribution < -0.4 is 0 Å². The maximum atomic E-state index is 13.4. The zero-order valence-electron chi connectivity index (χ0n) is 61.4. The predicted octanol–water partition coefficient (Wildman–Crippen LogP) is 19.9. The Morgan fingerprint density at radius 3 is 0.838 bits per heavy atom. The van der Waals surface area contributed by atoms with Crippen molar-refractivity contribution in [3.63, 3.8) is 0 Å². The van der Waals surface area contributed by atoms with Gasteiger partial charge >= 0.3 is 35.7 Å². The van der Waals surface area contributed by atoms with Gasteiger partial charge < -0.3 is 28.4 Å². The molecule has 16 heteroatoms. The highest BCUT2D eigenvalue weighted by Crippen LogP contribution is 2.64. The monoisotopic (exact) mass is 1470 g/mol. The first kappa shape index (κ1) is 74.0. The van der Waals surface area contributed by atoms with Crippen molar-refractivity contribution in [2.75, 3.05) is 13.6 Å². The molecule has 10 nitrogen and oxygen atoms in total. The van der Waals surface area contributed by atoms with E-state index < -0.39 is 46.8 Å². The standard InChI is InChI=1S/2C25H34F2O5.C21H21S.C18H15S/c2*1-24(26,27)22(28)32-21-18-7-15-8-19(21)11-25(9-15,10-18)23(29)31-12-30-20-16-3-13-2-14(5-16)6-17(20)4-13;1-16-4-10-19(11-5-16)22(20-12-6-17(2)7-13-20)21-14-8-18(3)9-15-21;1-4-10-16(11-5-1)19(17-12-6-2-7-13-17)18-14-8-3-9-15-18/h2*13-21H,2-12H2,1H3;4-15H,1-3H3;1-15H/q;;2*+1. The summed E-state index contributed by atoms with van der Waals surface area (Å²) < 4.78 is 87.8. The molecule has 105 heavy (non-hydrogen) atoms. The molecule has 16 fully saturated rings.